The quantitative estimate of drug-likeness (QED) is 0.691. The smallest absolute Gasteiger partial charge is 0.0950 e. The molecule has 0 spiro atoms. The van der Waals surface area contributed by atoms with E-state index in [4.69, 9.17) is 5.26 Å². The van der Waals surface area contributed by atoms with Gasteiger partial charge in [-0.2, -0.15) is 5.26 Å². The van der Waals surface area contributed by atoms with Crippen molar-refractivity contribution in [3.63, 3.8) is 0 Å². The average Bonchev–Trinajstić information content (AvgIpc) is 2.15. The highest BCUT2D eigenvalue weighted by Crippen LogP contribution is 2.26. The summed E-state index contributed by atoms with van der Waals surface area (Å²) in [6.07, 6.45) is 7.49. The van der Waals surface area contributed by atoms with Crippen molar-refractivity contribution in [2.75, 3.05) is 5.33 Å². The molecule has 0 radical (unpaired) electrons. The van der Waals surface area contributed by atoms with E-state index in [1.54, 1.807) is 0 Å². The van der Waals surface area contributed by atoms with Crippen LogP contribution in [0.1, 0.15) is 26.2 Å². The molecular weight excluding hydrogens is 226 g/mol. The van der Waals surface area contributed by atoms with Gasteiger partial charge in [-0.25, -0.2) is 0 Å². The molecule has 1 atom stereocenters. The Bertz CT molecular complexity index is 270. The molecule has 0 saturated carbocycles. The number of hydrogen-bond acceptors (Lipinski definition) is 1. The Labute approximate surface area is 88.3 Å². The lowest BCUT2D eigenvalue weighted by atomic mass is 9.87. The molecule has 1 nitrogen and oxygen atoms in total. The van der Waals surface area contributed by atoms with Gasteiger partial charge in [0.05, 0.1) is 6.07 Å². The average molecular weight is 240 g/mol. The third kappa shape index (κ3) is 3.00. The Hall–Kier alpha value is -0.550. The molecule has 0 heterocycles. The summed E-state index contributed by atoms with van der Waals surface area (Å²) in [5, 5.41) is 9.83. The van der Waals surface area contributed by atoms with Crippen LogP contribution in [0.3, 0.4) is 0 Å². The first-order valence-corrected chi connectivity index (χ1v) is 5.75. The van der Waals surface area contributed by atoms with Crippen LogP contribution in [-0.4, -0.2) is 5.33 Å². The molecule has 0 aromatic heterocycles. The van der Waals surface area contributed by atoms with Crippen molar-refractivity contribution in [2.45, 2.75) is 26.2 Å². The summed E-state index contributed by atoms with van der Waals surface area (Å²) >= 11 is 3.42. The van der Waals surface area contributed by atoms with Crippen molar-refractivity contribution >= 4 is 15.9 Å². The molecule has 13 heavy (non-hydrogen) atoms. The summed E-state index contributed by atoms with van der Waals surface area (Å²) in [7, 11) is 0. The molecule has 0 N–H and O–H groups in total. The van der Waals surface area contributed by atoms with Crippen LogP contribution in [-0.2, 0) is 0 Å². The fraction of sp³-hybridized carbons (Fsp3) is 0.545. The molecule has 0 aromatic rings. The van der Waals surface area contributed by atoms with Crippen molar-refractivity contribution in [1.29, 1.82) is 5.26 Å². The third-order valence-corrected chi connectivity index (χ3v) is 2.92. The summed E-state index contributed by atoms with van der Waals surface area (Å²) in [4.78, 5) is 0. The van der Waals surface area contributed by atoms with Crippen LogP contribution in [0.25, 0.3) is 0 Å². The molecule has 1 aliphatic carbocycles. The van der Waals surface area contributed by atoms with Crippen LogP contribution in [0.4, 0.5) is 0 Å². The largest absolute Gasteiger partial charge is 0.193 e. The highest BCUT2D eigenvalue weighted by atomic mass is 79.9. The van der Waals surface area contributed by atoms with Crippen LogP contribution < -0.4 is 0 Å². The second-order valence-electron chi connectivity index (χ2n) is 3.46. The van der Waals surface area contributed by atoms with Gasteiger partial charge >= 0.3 is 0 Å². The Morgan fingerprint density at radius 1 is 1.62 bits per heavy atom. The first-order valence-electron chi connectivity index (χ1n) is 4.63. The predicted octanol–water partition coefficient (Wildman–Crippen LogP) is 3.58. The molecule has 0 bridgehead atoms. The highest BCUT2D eigenvalue weighted by Gasteiger charge is 2.13. The summed E-state index contributed by atoms with van der Waals surface area (Å²) < 4.78 is 0. The monoisotopic (exact) mass is 239 g/mol. The Balaban J connectivity index is 2.57. The summed E-state index contributed by atoms with van der Waals surface area (Å²) in [6.45, 7) is 2.12. The van der Waals surface area contributed by atoms with Gasteiger partial charge in [0.2, 0.25) is 0 Å². The van der Waals surface area contributed by atoms with Crippen LogP contribution in [0.15, 0.2) is 23.3 Å². The summed E-state index contributed by atoms with van der Waals surface area (Å²) in [6, 6.07) is 2.24. The van der Waals surface area contributed by atoms with E-state index in [0.717, 1.165) is 23.7 Å². The van der Waals surface area contributed by atoms with Crippen molar-refractivity contribution in [3.8, 4) is 6.07 Å². The lowest BCUT2D eigenvalue weighted by Gasteiger charge is -2.16. The molecule has 0 aromatic carbocycles. The number of nitrogens with zero attached hydrogens (tertiary/aromatic N) is 1. The maximum atomic E-state index is 8.77. The Morgan fingerprint density at radius 3 is 2.92 bits per heavy atom. The van der Waals surface area contributed by atoms with E-state index in [9.17, 15) is 0 Å². The van der Waals surface area contributed by atoms with Gasteiger partial charge in [-0.3, -0.25) is 0 Å². The van der Waals surface area contributed by atoms with Gasteiger partial charge < -0.3 is 0 Å². The second kappa shape index (κ2) is 5.24. The second-order valence-corrected chi connectivity index (χ2v) is 4.25. The number of alkyl halides is 1. The number of halogens is 1. The lowest BCUT2D eigenvalue weighted by molar-refractivity contribution is 0.654. The van der Waals surface area contributed by atoms with Gasteiger partial charge in [-0.1, -0.05) is 34.5 Å². The van der Waals surface area contributed by atoms with E-state index in [2.05, 4.69) is 35.0 Å². The van der Waals surface area contributed by atoms with E-state index in [1.165, 1.54) is 12.0 Å². The molecule has 0 fully saturated rings. The Kier molecular flexibility index (Phi) is 4.24. The van der Waals surface area contributed by atoms with E-state index in [1.807, 2.05) is 6.08 Å². The minimum atomic E-state index is 0.417. The molecule has 2 heteroatoms. The van der Waals surface area contributed by atoms with Gasteiger partial charge in [-0.15, -0.1) is 0 Å². The van der Waals surface area contributed by atoms with Gasteiger partial charge in [0.25, 0.3) is 0 Å². The van der Waals surface area contributed by atoms with Crippen LogP contribution in [0.5, 0.6) is 0 Å². The maximum Gasteiger partial charge on any atom is 0.0950 e. The zero-order valence-electron chi connectivity index (χ0n) is 7.89. The number of rotatable bonds is 3. The lowest BCUT2D eigenvalue weighted by Crippen LogP contribution is -2.04. The minimum Gasteiger partial charge on any atom is -0.193 e. The third-order valence-electron chi connectivity index (χ3n) is 2.36. The molecular formula is C11H14BrN. The number of nitriles is 1. The first kappa shape index (κ1) is 10.5. The van der Waals surface area contributed by atoms with Crippen LogP contribution in [0.2, 0.25) is 0 Å². The molecule has 70 valence electrons. The molecule has 0 amide bonds. The molecule has 0 saturated heterocycles. The summed E-state index contributed by atoms with van der Waals surface area (Å²) in [5.74, 6) is 0.417. The van der Waals surface area contributed by atoms with Gasteiger partial charge in [-0.05, 0) is 31.3 Å². The predicted molar refractivity (Wildman–Crippen MR) is 58.6 cm³/mol. The topological polar surface area (TPSA) is 23.8 Å². The molecule has 1 rings (SSSR count). The zero-order valence-corrected chi connectivity index (χ0v) is 9.47. The standard InChI is InChI=1S/C11H14BrN/c1-9-7-10(3-2-6-12)4-5-11(9)8-13/h4-5,9H,2-3,6-7H2,1H3/t9-/m1/s1. The minimum absolute atomic E-state index is 0.417. The van der Waals surface area contributed by atoms with E-state index < -0.39 is 0 Å². The Morgan fingerprint density at radius 2 is 2.38 bits per heavy atom. The van der Waals surface area contributed by atoms with Crippen molar-refractivity contribution in [3.05, 3.63) is 23.3 Å². The zero-order chi connectivity index (χ0) is 9.68. The van der Waals surface area contributed by atoms with E-state index >= 15 is 0 Å². The number of allylic oxidation sites excluding steroid dienone is 4. The normalized spacial score (nSPS) is 21.8. The van der Waals surface area contributed by atoms with Crippen LogP contribution in [0, 0.1) is 17.2 Å². The molecule has 1 aliphatic rings. The van der Waals surface area contributed by atoms with Crippen molar-refractivity contribution < 1.29 is 0 Å². The number of hydrogen-bond donors (Lipinski definition) is 0. The van der Waals surface area contributed by atoms with Crippen molar-refractivity contribution in [2.24, 2.45) is 5.92 Å². The summed E-state index contributed by atoms with van der Waals surface area (Å²) in [5.41, 5.74) is 2.40. The van der Waals surface area contributed by atoms with Gasteiger partial charge in [0.1, 0.15) is 0 Å². The van der Waals surface area contributed by atoms with E-state index in [0.29, 0.717) is 5.92 Å². The molecule has 0 aliphatic heterocycles. The van der Waals surface area contributed by atoms with E-state index in [-0.39, 0.29) is 0 Å². The van der Waals surface area contributed by atoms with Gasteiger partial charge in [0.15, 0.2) is 0 Å². The van der Waals surface area contributed by atoms with Crippen molar-refractivity contribution in [1.82, 2.24) is 0 Å². The van der Waals surface area contributed by atoms with Gasteiger partial charge in [0, 0.05) is 10.9 Å². The highest BCUT2D eigenvalue weighted by molar-refractivity contribution is 9.09. The fourth-order valence-electron chi connectivity index (χ4n) is 1.57. The molecule has 0 unspecified atom stereocenters. The first-order chi connectivity index (χ1) is 6.27. The SMILES string of the molecule is C[C@@H]1CC(CCCBr)=CC=C1C#N. The maximum absolute atomic E-state index is 8.77. The fourth-order valence-corrected chi connectivity index (χ4v) is 1.85. The van der Waals surface area contributed by atoms with Crippen LogP contribution >= 0.6 is 15.9 Å².